The largest absolute Gasteiger partial charge is 0.481 e. The van der Waals surface area contributed by atoms with Gasteiger partial charge in [0.05, 0.1) is 19.2 Å². The molecule has 3 rings (SSSR count). The van der Waals surface area contributed by atoms with Gasteiger partial charge in [0, 0.05) is 32.0 Å². The molecule has 2 unspecified atom stereocenters. The summed E-state index contributed by atoms with van der Waals surface area (Å²) in [5.41, 5.74) is 1.24. The van der Waals surface area contributed by atoms with E-state index in [-0.39, 0.29) is 23.8 Å². The summed E-state index contributed by atoms with van der Waals surface area (Å²) < 4.78 is 5.11. The van der Waals surface area contributed by atoms with E-state index in [9.17, 15) is 9.59 Å². The van der Waals surface area contributed by atoms with E-state index in [0.717, 1.165) is 5.56 Å². The van der Waals surface area contributed by atoms with Crippen LogP contribution < -0.4 is 10.1 Å². The molecule has 6 heteroatoms. The molecule has 6 nitrogen and oxygen atoms in total. The fraction of sp³-hybridized carbons (Fsp3) is 0.533. The van der Waals surface area contributed by atoms with Gasteiger partial charge in [-0.15, -0.1) is 0 Å². The second kappa shape index (κ2) is 5.44. The van der Waals surface area contributed by atoms with Gasteiger partial charge in [0.1, 0.15) is 11.5 Å². The van der Waals surface area contributed by atoms with E-state index in [1.807, 2.05) is 17.9 Å². The molecule has 2 atom stereocenters. The summed E-state index contributed by atoms with van der Waals surface area (Å²) in [5, 5.41) is 3.29. The smallest absolute Gasteiger partial charge is 0.273 e. The maximum absolute atomic E-state index is 12.9. The molecule has 0 radical (unpaired) electrons. The first-order valence-corrected chi connectivity index (χ1v) is 7.17. The van der Waals surface area contributed by atoms with Gasteiger partial charge in [-0.05, 0) is 12.5 Å². The summed E-state index contributed by atoms with van der Waals surface area (Å²) >= 11 is 0. The molecule has 0 spiro atoms. The molecule has 1 aromatic rings. The minimum Gasteiger partial charge on any atom is -0.481 e. The Morgan fingerprint density at radius 3 is 2.62 bits per heavy atom. The number of hydrogen-bond acceptors (Lipinski definition) is 5. The number of Topliss-reactive ketones (excluding diaryl/α,β-unsaturated/α-hetero) is 1. The highest BCUT2D eigenvalue weighted by Gasteiger charge is 2.41. The monoisotopic (exact) mass is 289 g/mol. The van der Waals surface area contributed by atoms with Crippen LogP contribution in [-0.4, -0.2) is 53.9 Å². The van der Waals surface area contributed by atoms with E-state index in [1.165, 1.54) is 7.11 Å². The van der Waals surface area contributed by atoms with Crippen molar-refractivity contribution in [3.8, 4) is 5.88 Å². The van der Waals surface area contributed by atoms with Crippen molar-refractivity contribution in [1.29, 1.82) is 0 Å². The number of carbonyl (C=O) groups excluding carboxylic acids is 2. The zero-order chi connectivity index (χ0) is 15.0. The number of piperidine rings is 1. The second-order valence-electron chi connectivity index (χ2n) is 5.64. The number of nitrogens with one attached hydrogen (secondary N) is 1. The van der Waals surface area contributed by atoms with Gasteiger partial charge < -0.3 is 15.0 Å². The molecule has 0 saturated carbocycles. The summed E-state index contributed by atoms with van der Waals surface area (Å²) in [6, 6.07) is 3.45. The van der Waals surface area contributed by atoms with Crippen LogP contribution in [0.4, 0.5) is 0 Å². The number of ketones is 1. The number of ether oxygens (including phenoxy) is 1. The molecule has 0 aliphatic carbocycles. The summed E-state index contributed by atoms with van der Waals surface area (Å²) in [6.45, 7) is 3.19. The zero-order valence-corrected chi connectivity index (χ0v) is 12.3. The molecule has 2 bridgehead atoms. The van der Waals surface area contributed by atoms with Gasteiger partial charge in [-0.3, -0.25) is 9.59 Å². The van der Waals surface area contributed by atoms with Crippen LogP contribution >= 0.6 is 0 Å². The topological polar surface area (TPSA) is 71.5 Å². The van der Waals surface area contributed by atoms with E-state index >= 15 is 0 Å². The maximum atomic E-state index is 12.9. The lowest BCUT2D eigenvalue weighted by Crippen LogP contribution is -2.63. The predicted octanol–water partition coefficient (Wildman–Crippen LogP) is 0.544. The highest BCUT2D eigenvalue weighted by molar-refractivity contribution is 5.96. The number of carbonyl (C=O) groups is 2. The fourth-order valence-electron chi connectivity index (χ4n) is 3.16. The van der Waals surface area contributed by atoms with E-state index in [4.69, 9.17) is 4.74 Å². The Kier molecular flexibility index (Phi) is 3.63. The molecule has 112 valence electrons. The first kappa shape index (κ1) is 14.0. The van der Waals surface area contributed by atoms with Crippen LogP contribution in [0, 0.1) is 6.92 Å². The number of amides is 1. The van der Waals surface area contributed by atoms with Gasteiger partial charge in [-0.2, -0.15) is 0 Å². The van der Waals surface area contributed by atoms with Crippen molar-refractivity contribution < 1.29 is 14.3 Å². The van der Waals surface area contributed by atoms with Crippen molar-refractivity contribution in [2.45, 2.75) is 31.8 Å². The molecule has 3 heterocycles. The number of aromatic nitrogens is 1. The van der Waals surface area contributed by atoms with Crippen LogP contribution in [-0.2, 0) is 4.79 Å². The molecule has 2 saturated heterocycles. The quantitative estimate of drug-likeness (QED) is 0.860. The normalized spacial score (nSPS) is 24.9. The van der Waals surface area contributed by atoms with Gasteiger partial charge in [0.15, 0.2) is 0 Å². The van der Waals surface area contributed by atoms with Crippen molar-refractivity contribution in [2.75, 3.05) is 20.2 Å². The molecule has 2 aliphatic rings. The Hall–Kier alpha value is -1.95. The van der Waals surface area contributed by atoms with Crippen molar-refractivity contribution in [3.05, 3.63) is 23.4 Å². The Bertz CT molecular complexity index is 572. The van der Waals surface area contributed by atoms with Crippen molar-refractivity contribution in [2.24, 2.45) is 0 Å². The van der Waals surface area contributed by atoms with Gasteiger partial charge in [0.25, 0.3) is 5.91 Å². The molecule has 1 aromatic heterocycles. The SMILES string of the molecule is COc1ccc(C)c(C(=O)N2C3CNCC2CC(=O)C3)n1. The number of hydrogen-bond donors (Lipinski definition) is 1. The van der Waals surface area contributed by atoms with Crippen LogP contribution in [0.3, 0.4) is 0 Å². The first-order chi connectivity index (χ1) is 10.1. The first-order valence-electron chi connectivity index (χ1n) is 7.17. The Labute approximate surface area is 123 Å². The predicted molar refractivity (Wildman–Crippen MR) is 76.4 cm³/mol. The lowest BCUT2D eigenvalue weighted by Gasteiger charge is -2.45. The number of methoxy groups -OCH3 is 1. The third-order valence-corrected chi connectivity index (χ3v) is 4.19. The zero-order valence-electron chi connectivity index (χ0n) is 12.3. The molecule has 1 N–H and O–H groups in total. The lowest BCUT2D eigenvalue weighted by molar-refractivity contribution is -0.125. The highest BCUT2D eigenvalue weighted by Crippen LogP contribution is 2.26. The van der Waals surface area contributed by atoms with E-state index in [0.29, 0.717) is 37.5 Å². The van der Waals surface area contributed by atoms with E-state index < -0.39 is 0 Å². The lowest BCUT2D eigenvalue weighted by atomic mass is 9.90. The second-order valence-corrected chi connectivity index (χ2v) is 5.64. The summed E-state index contributed by atoms with van der Waals surface area (Å²) in [5.74, 6) is 0.571. The Morgan fingerprint density at radius 1 is 1.33 bits per heavy atom. The summed E-state index contributed by atoms with van der Waals surface area (Å²) in [7, 11) is 1.53. The van der Waals surface area contributed by atoms with Gasteiger partial charge in [0.2, 0.25) is 5.88 Å². The number of fused-ring (bicyclic) bond motifs is 2. The van der Waals surface area contributed by atoms with Gasteiger partial charge in [-0.25, -0.2) is 4.98 Å². The minimum atomic E-state index is -0.101. The molecular weight excluding hydrogens is 270 g/mol. The van der Waals surface area contributed by atoms with Crippen LogP contribution in [0.2, 0.25) is 0 Å². The molecular formula is C15H19N3O3. The summed E-state index contributed by atoms with van der Waals surface area (Å²) in [4.78, 5) is 30.8. The number of piperazine rings is 1. The molecule has 1 amide bonds. The Balaban J connectivity index is 1.93. The van der Waals surface area contributed by atoms with Gasteiger partial charge in [-0.1, -0.05) is 6.07 Å². The van der Waals surface area contributed by atoms with E-state index in [1.54, 1.807) is 6.07 Å². The van der Waals surface area contributed by atoms with Gasteiger partial charge >= 0.3 is 0 Å². The highest BCUT2D eigenvalue weighted by atomic mass is 16.5. The van der Waals surface area contributed by atoms with Crippen LogP contribution in [0.25, 0.3) is 0 Å². The number of nitrogens with zero attached hydrogens (tertiary/aromatic N) is 2. The third-order valence-electron chi connectivity index (χ3n) is 4.19. The van der Waals surface area contributed by atoms with Crippen LogP contribution in [0.15, 0.2) is 12.1 Å². The third kappa shape index (κ3) is 2.51. The number of pyridine rings is 1. The molecule has 21 heavy (non-hydrogen) atoms. The van der Waals surface area contributed by atoms with Crippen molar-refractivity contribution in [1.82, 2.24) is 15.2 Å². The number of aryl methyl sites for hydroxylation is 1. The molecule has 2 aliphatic heterocycles. The Morgan fingerprint density at radius 2 is 2.00 bits per heavy atom. The summed E-state index contributed by atoms with van der Waals surface area (Å²) in [6.07, 6.45) is 0.858. The fourth-order valence-corrected chi connectivity index (χ4v) is 3.16. The molecule has 0 aromatic carbocycles. The standard InChI is InChI=1S/C15H19N3O3/c1-9-3-4-13(21-2)17-14(9)15(20)18-10-5-12(19)6-11(18)8-16-7-10/h3-4,10-11,16H,5-8H2,1-2H3. The van der Waals surface area contributed by atoms with Crippen molar-refractivity contribution >= 4 is 11.7 Å². The van der Waals surface area contributed by atoms with Crippen LogP contribution in [0.5, 0.6) is 5.88 Å². The average Bonchev–Trinajstić information content (AvgIpc) is 2.46. The van der Waals surface area contributed by atoms with Crippen molar-refractivity contribution in [3.63, 3.8) is 0 Å². The number of rotatable bonds is 2. The van der Waals surface area contributed by atoms with E-state index in [2.05, 4.69) is 10.3 Å². The molecule has 2 fully saturated rings. The maximum Gasteiger partial charge on any atom is 0.273 e. The average molecular weight is 289 g/mol. The minimum absolute atomic E-state index is 0.0649. The van der Waals surface area contributed by atoms with Crippen LogP contribution in [0.1, 0.15) is 28.9 Å².